The third-order valence-electron chi connectivity index (χ3n) is 5.03. The van der Waals surface area contributed by atoms with Crippen LogP contribution in [0.5, 0.6) is 0 Å². The first-order valence-corrected chi connectivity index (χ1v) is 11.7. The van der Waals surface area contributed by atoms with Crippen LogP contribution in [0.15, 0.2) is 12.7 Å². The van der Waals surface area contributed by atoms with Gasteiger partial charge in [-0.05, 0) is 32.7 Å². The van der Waals surface area contributed by atoms with Gasteiger partial charge in [0.2, 0.25) is 0 Å². The number of esters is 1. The molecule has 0 saturated heterocycles. The molecule has 0 aliphatic carbocycles. The number of carbonyl (C=O) groups excluding carboxylic acids is 1. The topological polar surface area (TPSA) is 38.8 Å². The summed E-state index contributed by atoms with van der Waals surface area (Å²) in [6.45, 7) is 9.74. The normalized spacial score (nSPS) is 11.1. The molecular weight excluding hydrogens is 350 g/mol. The molecule has 0 saturated carbocycles. The molecule has 166 valence electrons. The van der Waals surface area contributed by atoms with Crippen LogP contribution in [0.2, 0.25) is 0 Å². The van der Waals surface area contributed by atoms with E-state index in [0.717, 1.165) is 45.6 Å². The molecule has 0 bridgehead atoms. The molecule has 0 atom stereocenters. The Hall–Kier alpha value is -0.870. The molecule has 4 nitrogen and oxygen atoms in total. The highest BCUT2D eigenvalue weighted by Crippen LogP contribution is 2.08. The quantitative estimate of drug-likeness (QED) is 0.125. The van der Waals surface area contributed by atoms with Crippen molar-refractivity contribution in [3.63, 3.8) is 0 Å². The number of nitrogens with zero attached hydrogens (tertiary/aromatic N) is 1. The lowest BCUT2D eigenvalue weighted by atomic mass is 10.1. The number of ether oxygens (including phenoxy) is 2. The Morgan fingerprint density at radius 2 is 1.43 bits per heavy atom. The van der Waals surface area contributed by atoms with Crippen molar-refractivity contribution in [2.45, 2.75) is 96.8 Å². The molecule has 0 aromatic heterocycles. The van der Waals surface area contributed by atoms with Crippen LogP contribution in [0.3, 0.4) is 0 Å². The van der Waals surface area contributed by atoms with Crippen LogP contribution in [-0.2, 0) is 14.3 Å². The molecule has 0 aliphatic heterocycles. The summed E-state index contributed by atoms with van der Waals surface area (Å²) >= 11 is 0. The molecule has 0 fully saturated rings. The van der Waals surface area contributed by atoms with Crippen molar-refractivity contribution in [2.75, 3.05) is 40.0 Å². The minimum Gasteiger partial charge on any atom is -0.464 e. The smallest absolute Gasteiger partial charge is 0.305 e. The number of hydrogen-bond acceptors (Lipinski definition) is 4. The van der Waals surface area contributed by atoms with E-state index in [2.05, 4.69) is 18.4 Å². The van der Waals surface area contributed by atoms with E-state index in [1.54, 1.807) is 0 Å². The first-order chi connectivity index (χ1) is 13.7. The molecule has 28 heavy (non-hydrogen) atoms. The first kappa shape index (κ1) is 27.1. The highest BCUT2D eigenvalue weighted by molar-refractivity contribution is 5.69. The summed E-state index contributed by atoms with van der Waals surface area (Å²) in [5.41, 5.74) is 0. The van der Waals surface area contributed by atoms with Crippen LogP contribution in [-0.4, -0.2) is 50.8 Å². The van der Waals surface area contributed by atoms with E-state index in [4.69, 9.17) is 9.47 Å². The molecule has 0 unspecified atom stereocenters. The molecule has 4 heteroatoms. The van der Waals surface area contributed by atoms with E-state index >= 15 is 0 Å². The second-order valence-corrected chi connectivity index (χ2v) is 7.85. The highest BCUT2D eigenvalue weighted by atomic mass is 16.5. The van der Waals surface area contributed by atoms with Crippen molar-refractivity contribution in [1.82, 2.24) is 4.90 Å². The fourth-order valence-corrected chi connectivity index (χ4v) is 3.07. The largest absolute Gasteiger partial charge is 0.464 e. The number of hydrogen-bond donors (Lipinski definition) is 0. The monoisotopic (exact) mass is 397 g/mol. The summed E-state index contributed by atoms with van der Waals surface area (Å²) < 4.78 is 11.0. The van der Waals surface area contributed by atoms with Gasteiger partial charge in [0.1, 0.15) is 6.61 Å². The van der Waals surface area contributed by atoms with E-state index in [9.17, 15) is 4.79 Å². The number of unbranched alkanes of at least 4 members (excludes halogenated alkanes) is 11. The average Bonchev–Trinajstić information content (AvgIpc) is 2.68. The molecule has 0 spiro atoms. The first-order valence-electron chi connectivity index (χ1n) is 11.7. The number of carbonyl (C=O) groups is 1. The lowest BCUT2D eigenvalue weighted by Crippen LogP contribution is -2.28. The highest BCUT2D eigenvalue weighted by Gasteiger charge is 2.04. The maximum absolute atomic E-state index is 11.7. The lowest BCUT2D eigenvalue weighted by molar-refractivity contribution is -0.144. The summed E-state index contributed by atoms with van der Waals surface area (Å²) in [5, 5.41) is 0. The van der Waals surface area contributed by atoms with Gasteiger partial charge in [0.05, 0.1) is 6.61 Å². The van der Waals surface area contributed by atoms with Gasteiger partial charge in [0.25, 0.3) is 0 Å². The van der Waals surface area contributed by atoms with Gasteiger partial charge >= 0.3 is 5.97 Å². The molecule has 0 N–H and O–H groups in total. The zero-order chi connectivity index (χ0) is 20.7. The van der Waals surface area contributed by atoms with Crippen molar-refractivity contribution >= 4 is 5.97 Å². The molecule has 0 aromatic carbocycles. The zero-order valence-corrected chi connectivity index (χ0v) is 18.9. The van der Waals surface area contributed by atoms with Gasteiger partial charge < -0.3 is 14.4 Å². The standard InChI is InChI=1S/C24H47NO3/c1-4-6-8-10-12-14-16-18-24(26)28-23-20-25(3)19-22-27-21-17-15-13-11-9-7-5-2/h4H,1,5-23H2,2-3H3. The maximum Gasteiger partial charge on any atom is 0.305 e. The fraction of sp³-hybridized carbons (Fsp3) is 0.875. The predicted octanol–water partition coefficient (Wildman–Crippen LogP) is 6.15. The SMILES string of the molecule is C=CCCCCCCCC(=O)OCCN(C)CCOCCCCCCCCC. The number of allylic oxidation sites excluding steroid dienone is 1. The average molecular weight is 398 g/mol. The second-order valence-electron chi connectivity index (χ2n) is 7.85. The van der Waals surface area contributed by atoms with Gasteiger partial charge in [-0.3, -0.25) is 4.79 Å². The Bertz CT molecular complexity index is 347. The molecular formula is C24H47NO3. The third kappa shape index (κ3) is 21.4. The van der Waals surface area contributed by atoms with Crippen molar-refractivity contribution in [3.05, 3.63) is 12.7 Å². The zero-order valence-electron chi connectivity index (χ0n) is 18.9. The summed E-state index contributed by atoms with van der Waals surface area (Å²) in [6, 6.07) is 0. The molecule has 0 aromatic rings. The van der Waals surface area contributed by atoms with Crippen LogP contribution >= 0.6 is 0 Å². The van der Waals surface area contributed by atoms with Crippen LogP contribution in [0.4, 0.5) is 0 Å². The van der Waals surface area contributed by atoms with E-state index in [1.807, 2.05) is 13.1 Å². The van der Waals surface area contributed by atoms with Crippen molar-refractivity contribution in [1.29, 1.82) is 0 Å². The van der Waals surface area contributed by atoms with E-state index in [1.165, 1.54) is 64.2 Å². The molecule has 0 rings (SSSR count). The van der Waals surface area contributed by atoms with Gasteiger partial charge in [0, 0.05) is 26.1 Å². The van der Waals surface area contributed by atoms with Gasteiger partial charge in [-0.15, -0.1) is 6.58 Å². The number of likely N-dealkylation sites (N-methyl/N-ethyl adjacent to an activating group) is 1. The molecule has 0 amide bonds. The third-order valence-corrected chi connectivity index (χ3v) is 5.03. The minimum absolute atomic E-state index is 0.0605. The van der Waals surface area contributed by atoms with E-state index in [0.29, 0.717) is 13.0 Å². The van der Waals surface area contributed by atoms with Crippen LogP contribution in [0.25, 0.3) is 0 Å². The van der Waals surface area contributed by atoms with Crippen LogP contribution < -0.4 is 0 Å². The van der Waals surface area contributed by atoms with Crippen molar-refractivity contribution in [2.24, 2.45) is 0 Å². The minimum atomic E-state index is -0.0605. The van der Waals surface area contributed by atoms with Crippen molar-refractivity contribution < 1.29 is 14.3 Å². The Balaban J connectivity index is 3.30. The Labute approximate surface area is 175 Å². The maximum atomic E-state index is 11.7. The van der Waals surface area contributed by atoms with E-state index in [-0.39, 0.29) is 5.97 Å². The summed E-state index contributed by atoms with van der Waals surface area (Å²) in [5.74, 6) is -0.0605. The Morgan fingerprint density at radius 1 is 0.821 bits per heavy atom. The Kier molecular flexibility index (Phi) is 21.7. The second kappa shape index (κ2) is 22.4. The summed E-state index contributed by atoms with van der Waals surface area (Å²) in [6.07, 6.45) is 18.5. The van der Waals surface area contributed by atoms with Crippen LogP contribution in [0.1, 0.15) is 96.8 Å². The fourth-order valence-electron chi connectivity index (χ4n) is 3.07. The molecule has 0 heterocycles. The number of rotatable bonds is 22. The predicted molar refractivity (Wildman–Crippen MR) is 120 cm³/mol. The molecule has 0 radical (unpaired) electrons. The van der Waals surface area contributed by atoms with Gasteiger partial charge in [-0.1, -0.05) is 70.8 Å². The van der Waals surface area contributed by atoms with Crippen LogP contribution in [0, 0.1) is 0 Å². The van der Waals surface area contributed by atoms with Gasteiger partial charge in [0.15, 0.2) is 0 Å². The molecule has 0 aliphatic rings. The summed E-state index contributed by atoms with van der Waals surface area (Å²) in [4.78, 5) is 13.9. The van der Waals surface area contributed by atoms with Gasteiger partial charge in [-0.25, -0.2) is 0 Å². The van der Waals surface area contributed by atoms with E-state index < -0.39 is 0 Å². The lowest BCUT2D eigenvalue weighted by Gasteiger charge is -2.16. The van der Waals surface area contributed by atoms with Crippen molar-refractivity contribution in [3.8, 4) is 0 Å². The van der Waals surface area contributed by atoms with Gasteiger partial charge in [-0.2, -0.15) is 0 Å². The summed E-state index contributed by atoms with van der Waals surface area (Å²) in [7, 11) is 2.05. The Morgan fingerprint density at radius 3 is 2.14 bits per heavy atom.